The average Bonchev–Trinajstić information content (AvgIpc) is 1.58. The summed E-state index contributed by atoms with van der Waals surface area (Å²) in [6.07, 6.45) is 7.99. The summed E-state index contributed by atoms with van der Waals surface area (Å²) in [5.41, 5.74) is 0.797. The van der Waals surface area contributed by atoms with Crippen molar-refractivity contribution in [2.24, 2.45) is 28.6 Å². The maximum Gasteiger partial charge on any atom is 0.408 e. The molecular formula is C102H165N5O40. The number of alkyl carbamates (subject to hydrolysis) is 1. The van der Waals surface area contributed by atoms with Crippen LogP contribution < -0.4 is 21.6 Å². The number of nitrogens with one attached hydrogen (secondary N) is 3. The van der Waals surface area contributed by atoms with Crippen molar-refractivity contribution in [1.82, 2.24) is 20.9 Å². The number of allylic oxidation sites excluding steroid dienone is 1. The van der Waals surface area contributed by atoms with Gasteiger partial charge in [-0.2, -0.15) is 0 Å². The van der Waals surface area contributed by atoms with E-state index in [2.05, 4.69) is 35.9 Å². The van der Waals surface area contributed by atoms with Crippen LogP contribution in [0.4, 0.5) is 10.5 Å². The molecule has 2 aromatic rings. The molecular weight excluding hydrogens is 1940 g/mol. The van der Waals surface area contributed by atoms with Gasteiger partial charge in [0.15, 0.2) is 12.1 Å². The third-order valence-corrected chi connectivity index (χ3v) is 26.2. The number of carbonyl (C=O) groups is 6. The minimum atomic E-state index is -1.48. The number of benzene rings is 1. The van der Waals surface area contributed by atoms with Gasteiger partial charge in [0.2, 0.25) is 11.8 Å². The van der Waals surface area contributed by atoms with Gasteiger partial charge in [-0.25, -0.2) is 9.59 Å². The SMILES string of the molecule is C[C@]12CC[C@H](O[C@H]3OC[C@H](CC(=O)[C@H](CCCCNC(=O)CCOCCOCCOCCOCCOCCOCCOCCOCCOCCOCCOCCOCCOCCOCCOCCOCCOCCOCCOCCOCCOCCOCCOCCOCCNC(=O)CCN4C(=O)C=CC4=O)NC(=O)OCc4ccc([N+](=O)[O-])cc4)[C@H](O)C3O)C=C1CCC1C2CC[C@]2(C)[C@@H](c3ccc(=O)oc3)CC[C@]12O. The Morgan fingerprint density at radius 2 is 0.864 bits per heavy atom. The van der Waals surface area contributed by atoms with Gasteiger partial charge in [0.25, 0.3) is 17.5 Å². The number of ketones is 1. The molecule has 3 heterocycles. The number of amides is 5. The van der Waals surface area contributed by atoms with E-state index in [1.165, 1.54) is 48.1 Å². The molecule has 6 N–H and O–H groups in total. The van der Waals surface area contributed by atoms with Crippen LogP contribution in [0.5, 0.6) is 0 Å². The van der Waals surface area contributed by atoms with E-state index in [9.17, 15) is 59.0 Å². The zero-order valence-electron chi connectivity index (χ0n) is 86.2. The van der Waals surface area contributed by atoms with Crippen LogP contribution in [0.2, 0.25) is 0 Å². The molecule has 0 radical (unpaired) electrons. The number of hydrogen-bond donors (Lipinski definition) is 6. The highest BCUT2D eigenvalue weighted by molar-refractivity contribution is 6.13. The Morgan fingerprint density at radius 3 is 1.27 bits per heavy atom. The second-order valence-corrected chi connectivity index (χ2v) is 36.3. The van der Waals surface area contributed by atoms with Gasteiger partial charge in [0.1, 0.15) is 12.7 Å². The molecule has 147 heavy (non-hydrogen) atoms. The number of fused-ring (bicyclic) bond motifs is 5. The van der Waals surface area contributed by atoms with Crippen molar-refractivity contribution in [3.05, 3.63) is 98.1 Å². The molecule has 3 saturated carbocycles. The first kappa shape index (κ1) is 125. The number of nitro groups is 1. The van der Waals surface area contributed by atoms with E-state index in [1.54, 1.807) is 6.26 Å². The van der Waals surface area contributed by atoms with E-state index in [1.807, 2.05) is 6.07 Å². The van der Waals surface area contributed by atoms with Crippen molar-refractivity contribution >= 4 is 41.2 Å². The number of non-ortho nitro benzene ring substituents is 1. The summed E-state index contributed by atoms with van der Waals surface area (Å²) in [5.74, 6) is -2.14. The zero-order valence-corrected chi connectivity index (χ0v) is 86.2. The third kappa shape index (κ3) is 50.6. The number of carbonyl (C=O) groups excluding carboxylic acids is 6. The summed E-state index contributed by atoms with van der Waals surface area (Å²) in [6, 6.07) is 7.73. The lowest BCUT2D eigenvalue weighted by molar-refractivity contribution is -0.384. The number of Topliss-reactive ketones (excluding diaryl/α,β-unsaturated/α-hetero) is 1. The fourth-order valence-electron chi connectivity index (χ4n) is 18.3. The van der Waals surface area contributed by atoms with Crippen LogP contribution in [0.3, 0.4) is 0 Å². The first-order chi connectivity index (χ1) is 71.8. The Labute approximate surface area is 862 Å². The highest BCUT2D eigenvalue weighted by Crippen LogP contribution is 2.70. The number of ether oxygens (including phenoxy) is 27. The molecule has 45 heteroatoms. The molecule has 8 rings (SSSR count). The number of aliphatic hydroxyl groups excluding tert-OH is 2. The van der Waals surface area contributed by atoms with Gasteiger partial charge in [0, 0.05) is 80.6 Å². The van der Waals surface area contributed by atoms with Crippen molar-refractivity contribution in [1.29, 1.82) is 0 Å². The van der Waals surface area contributed by atoms with Crippen LogP contribution in [-0.2, 0) is 158 Å². The van der Waals surface area contributed by atoms with Crippen molar-refractivity contribution in [2.75, 3.05) is 343 Å². The molecule has 4 aliphatic carbocycles. The third-order valence-electron chi connectivity index (χ3n) is 26.2. The standard InChI is InChI=1S/C102H165N5O40/c1-100-21-16-85(76-83(100)9-12-88-87(100)17-22-101(2)86(18-23-102(88,101)117)81-8-15-95(113)144-78-81)147-98-97(115)96(114)82(79-145-98)75-90(108)89(105-99(116)146-77-80-6-10-84(11-7-80)107(118)119)5-3-4-24-103-92(110)20-27-120-29-31-122-33-35-124-37-39-126-41-43-128-45-47-130-49-51-132-53-55-134-57-59-136-61-63-138-65-67-140-69-71-142-73-74-143-72-70-141-68-66-139-64-62-137-60-58-135-56-54-133-52-50-131-48-46-129-44-42-127-40-38-125-36-34-123-32-30-121-28-25-104-91(109)19-26-106-93(111)13-14-94(106)112/h6-8,10-11,13-15,76,78,82,85-89,96-98,114-115,117H,3-5,9,12,16-75,77,79H2,1-2H3,(H,103,110)(H,104,109)(H,105,116)/t82-,85-,86+,87?,88?,89-,96-,97?,98+,100-,101+,102-/m0/s1. The fourth-order valence-corrected chi connectivity index (χ4v) is 18.3. The Hall–Kier alpha value is -7.09. The van der Waals surface area contributed by atoms with Crippen molar-refractivity contribution in [3.63, 3.8) is 0 Å². The maximum absolute atomic E-state index is 14.1. The van der Waals surface area contributed by atoms with E-state index in [0.717, 1.165) is 49.0 Å². The van der Waals surface area contributed by atoms with Crippen LogP contribution in [0.25, 0.3) is 0 Å². The highest BCUT2D eigenvalue weighted by Gasteiger charge is 2.67. The van der Waals surface area contributed by atoms with Crippen LogP contribution in [0, 0.1) is 38.7 Å². The minimum Gasteiger partial charge on any atom is -0.445 e. The van der Waals surface area contributed by atoms with E-state index in [-0.39, 0.29) is 111 Å². The van der Waals surface area contributed by atoms with E-state index >= 15 is 0 Å². The smallest absolute Gasteiger partial charge is 0.408 e. The molecule has 0 spiro atoms. The molecule has 45 nitrogen and oxygen atoms in total. The lowest BCUT2D eigenvalue weighted by Gasteiger charge is -2.62. The van der Waals surface area contributed by atoms with Gasteiger partial charge < -0.3 is 164 Å². The van der Waals surface area contributed by atoms with Crippen molar-refractivity contribution < 1.29 is 181 Å². The largest absolute Gasteiger partial charge is 0.445 e. The zero-order chi connectivity index (χ0) is 105. The molecule has 3 unspecified atom stereocenters. The summed E-state index contributed by atoms with van der Waals surface area (Å²) in [5, 5.41) is 55.1. The topological polar surface area (TPSA) is 525 Å². The summed E-state index contributed by atoms with van der Waals surface area (Å²) in [7, 11) is 0. The van der Waals surface area contributed by atoms with E-state index < -0.39 is 76.4 Å². The molecule has 1 saturated heterocycles. The predicted molar refractivity (Wildman–Crippen MR) is 525 cm³/mol. The summed E-state index contributed by atoms with van der Waals surface area (Å²) in [6.45, 7) is 25.1. The number of unbranched alkanes of at least 4 members (excludes halogenated alkanes) is 1. The minimum absolute atomic E-state index is 0.0377. The van der Waals surface area contributed by atoms with Crippen molar-refractivity contribution in [3.8, 4) is 0 Å². The molecule has 838 valence electrons. The van der Waals surface area contributed by atoms with E-state index in [0.29, 0.717) is 342 Å². The van der Waals surface area contributed by atoms with Gasteiger partial charge in [-0.05, 0) is 123 Å². The van der Waals surface area contributed by atoms with Crippen LogP contribution in [-0.4, -0.2) is 440 Å². The summed E-state index contributed by atoms with van der Waals surface area (Å²) >= 11 is 0. The lowest BCUT2D eigenvalue weighted by Crippen LogP contribution is -2.60. The molecule has 1 aromatic heterocycles. The Balaban J connectivity index is 0.478. The number of imide groups is 1. The first-order valence-corrected chi connectivity index (χ1v) is 52.1. The number of nitro benzene ring substituents is 1. The van der Waals surface area contributed by atoms with Gasteiger partial charge in [-0.3, -0.25) is 39.0 Å². The average molecular weight is 2100 g/mol. The normalized spacial score (nSPS) is 21.9. The Morgan fingerprint density at radius 1 is 0.463 bits per heavy atom. The second kappa shape index (κ2) is 77.3. The van der Waals surface area contributed by atoms with Crippen molar-refractivity contribution in [2.45, 2.75) is 153 Å². The van der Waals surface area contributed by atoms with Gasteiger partial charge in [0.05, 0.1) is 359 Å². The van der Waals surface area contributed by atoms with Gasteiger partial charge >= 0.3 is 11.7 Å². The molecule has 0 bridgehead atoms. The maximum atomic E-state index is 14.1. The predicted octanol–water partition coefficient (Wildman–Crippen LogP) is 4.55. The number of rotatable bonds is 93. The first-order valence-electron chi connectivity index (χ1n) is 52.1. The van der Waals surface area contributed by atoms with Crippen LogP contribution in [0.15, 0.2) is 75.7 Å². The number of aliphatic hydroxyl groups is 3. The molecule has 12 atom stereocenters. The Kier molecular flexibility index (Phi) is 65.8. The molecule has 4 fully saturated rings. The summed E-state index contributed by atoms with van der Waals surface area (Å²) in [4.78, 5) is 98.4. The quantitative estimate of drug-likeness (QED) is 0.0174. The van der Waals surface area contributed by atoms with Gasteiger partial charge in [-0.15, -0.1) is 0 Å². The molecule has 5 amide bonds. The lowest BCUT2D eigenvalue weighted by atomic mass is 9.45. The molecule has 2 aliphatic heterocycles. The van der Waals surface area contributed by atoms with E-state index in [4.69, 9.17) is 132 Å². The number of hydrogen-bond acceptors (Lipinski definition) is 40. The van der Waals surface area contributed by atoms with Crippen LogP contribution in [0.1, 0.15) is 121 Å². The van der Waals surface area contributed by atoms with Gasteiger partial charge in [-0.1, -0.05) is 25.5 Å². The monoisotopic (exact) mass is 2100 g/mol. The second-order valence-electron chi connectivity index (χ2n) is 36.3. The van der Waals surface area contributed by atoms with Crippen LogP contribution >= 0.6 is 0 Å². The summed E-state index contributed by atoms with van der Waals surface area (Å²) < 4.78 is 156. The highest BCUT2D eigenvalue weighted by atomic mass is 16.7. The fraction of sp³-hybridized carbons (Fsp3) is 0.794. The number of nitrogens with zero attached hydrogens (tertiary/aromatic N) is 2. The molecule has 1 aromatic carbocycles. The molecule has 6 aliphatic rings. The Bertz CT molecular complexity index is 3960.